The molecule has 0 aliphatic heterocycles. The Morgan fingerprint density at radius 3 is 2.76 bits per heavy atom. The van der Waals surface area contributed by atoms with E-state index in [4.69, 9.17) is 4.74 Å². The summed E-state index contributed by atoms with van der Waals surface area (Å²) in [6.45, 7) is 0.631. The monoisotopic (exact) mass is 372 g/mol. The molecule has 3 aromatic rings. The second kappa shape index (κ2) is 8.87. The van der Waals surface area contributed by atoms with Crippen LogP contribution in [0.1, 0.15) is 11.4 Å². The first-order chi connectivity index (χ1) is 12.2. The Morgan fingerprint density at radius 1 is 1.20 bits per heavy atom. The first-order valence-corrected chi connectivity index (χ1v) is 9.93. The van der Waals surface area contributed by atoms with Crippen molar-refractivity contribution in [2.75, 3.05) is 19.4 Å². The highest BCUT2D eigenvalue weighted by atomic mass is 32.2. The third-order valence-corrected chi connectivity index (χ3v) is 5.77. The van der Waals surface area contributed by atoms with Gasteiger partial charge in [-0.3, -0.25) is 4.79 Å². The van der Waals surface area contributed by atoms with Crippen molar-refractivity contribution < 1.29 is 9.53 Å². The fourth-order valence-corrected chi connectivity index (χ4v) is 4.18. The number of methoxy groups -OCH3 is 1. The van der Waals surface area contributed by atoms with Crippen LogP contribution in [0.3, 0.4) is 0 Å². The predicted molar refractivity (Wildman–Crippen MR) is 105 cm³/mol. The molecule has 0 saturated heterocycles. The second-order valence-electron chi connectivity index (χ2n) is 5.45. The molecular formula is C19H20N2O2S2. The molecule has 0 radical (unpaired) electrons. The summed E-state index contributed by atoms with van der Waals surface area (Å²) in [4.78, 5) is 17.7. The van der Waals surface area contributed by atoms with Crippen molar-refractivity contribution in [3.05, 3.63) is 53.5 Å². The summed E-state index contributed by atoms with van der Waals surface area (Å²) >= 11 is 3.36. The largest absolute Gasteiger partial charge is 0.497 e. The molecule has 0 unspecified atom stereocenters. The van der Waals surface area contributed by atoms with Crippen LogP contribution < -0.4 is 10.1 Å². The van der Waals surface area contributed by atoms with Crippen LogP contribution in [0.15, 0.2) is 53.4 Å². The molecule has 6 heteroatoms. The summed E-state index contributed by atoms with van der Waals surface area (Å²) < 4.78 is 6.33. The number of hydrogen-bond donors (Lipinski definition) is 1. The Bertz CT molecular complexity index is 798. The van der Waals surface area contributed by atoms with Crippen LogP contribution in [0.4, 0.5) is 0 Å². The van der Waals surface area contributed by atoms with Gasteiger partial charge in [0.2, 0.25) is 5.91 Å². The summed E-state index contributed by atoms with van der Waals surface area (Å²) in [5.41, 5.74) is 1.03. The predicted octanol–water partition coefficient (Wildman–Crippen LogP) is 4.15. The normalized spacial score (nSPS) is 10.8. The molecule has 0 spiro atoms. The second-order valence-corrected chi connectivity index (χ2v) is 7.73. The summed E-state index contributed by atoms with van der Waals surface area (Å²) in [5.74, 6) is 1.69. The molecule has 1 aromatic heterocycles. The zero-order chi connectivity index (χ0) is 17.5. The number of carbonyl (C=O) groups excluding carboxylic acids is 1. The number of thioether (sulfide) groups is 1. The van der Waals surface area contributed by atoms with Crippen LogP contribution in [0.5, 0.6) is 5.75 Å². The van der Waals surface area contributed by atoms with E-state index in [1.807, 2.05) is 42.5 Å². The maximum Gasteiger partial charge on any atom is 0.220 e. The molecular weight excluding hydrogens is 352 g/mol. The lowest BCUT2D eigenvalue weighted by Crippen LogP contribution is -2.25. The van der Waals surface area contributed by atoms with Gasteiger partial charge in [0.1, 0.15) is 5.75 Å². The van der Waals surface area contributed by atoms with Gasteiger partial charge in [-0.2, -0.15) is 0 Å². The third kappa shape index (κ3) is 5.21. The number of fused-ring (bicyclic) bond motifs is 1. The zero-order valence-corrected chi connectivity index (χ0v) is 15.7. The molecule has 25 heavy (non-hydrogen) atoms. The molecule has 0 fully saturated rings. The molecule has 1 heterocycles. The minimum absolute atomic E-state index is 0.0853. The van der Waals surface area contributed by atoms with Crippen molar-refractivity contribution in [2.24, 2.45) is 0 Å². The van der Waals surface area contributed by atoms with Gasteiger partial charge in [0.15, 0.2) is 0 Å². The van der Waals surface area contributed by atoms with Crippen molar-refractivity contribution in [1.29, 1.82) is 0 Å². The molecule has 1 amide bonds. The van der Waals surface area contributed by atoms with Gasteiger partial charge in [0, 0.05) is 30.0 Å². The summed E-state index contributed by atoms with van der Waals surface area (Å²) in [5, 5.41) is 4.04. The van der Waals surface area contributed by atoms with Crippen molar-refractivity contribution >= 4 is 39.2 Å². The van der Waals surface area contributed by atoms with Gasteiger partial charge in [-0.1, -0.05) is 12.1 Å². The number of hydrogen-bond acceptors (Lipinski definition) is 5. The summed E-state index contributed by atoms with van der Waals surface area (Å²) in [7, 11) is 1.65. The van der Waals surface area contributed by atoms with Gasteiger partial charge >= 0.3 is 0 Å². The van der Waals surface area contributed by atoms with E-state index in [1.165, 1.54) is 4.70 Å². The lowest BCUT2D eigenvalue weighted by Gasteiger charge is -2.05. The lowest BCUT2D eigenvalue weighted by molar-refractivity contribution is -0.120. The highest BCUT2D eigenvalue weighted by Crippen LogP contribution is 2.22. The van der Waals surface area contributed by atoms with Crippen LogP contribution >= 0.6 is 23.1 Å². The molecule has 130 valence electrons. The molecule has 0 atom stereocenters. The van der Waals surface area contributed by atoms with Gasteiger partial charge in [0.25, 0.3) is 0 Å². The van der Waals surface area contributed by atoms with Crippen molar-refractivity contribution in [2.45, 2.75) is 17.7 Å². The fourth-order valence-electron chi connectivity index (χ4n) is 2.36. The number of benzene rings is 2. The van der Waals surface area contributed by atoms with Gasteiger partial charge in [-0.25, -0.2) is 4.98 Å². The number of ether oxygens (including phenoxy) is 1. The standard InChI is InChI=1S/C19H20N2O2S2/c1-23-14-6-8-15(9-7-14)24-13-11-18(22)20-12-10-19-21-16-4-2-3-5-17(16)25-19/h2-9H,10-13H2,1H3,(H,20,22). The van der Waals surface area contributed by atoms with Crippen LogP contribution in [-0.4, -0.2) is 30.3 Å². The minimum atomic E-state index is 0.0853. The summed E-state index contributed by atoms with van der Waals surface area (Å²) in [6, 6.07) is 16.0. The first-order valence-electron chi connectivity index (χ1n) is 8.12. The Morgan fingerprint density at radius 2 is 2.00 bits per heavy atom. The van der Waals surface area contributed by atoms with Gasteiger partial charge in [0.05, 0.1) is 22.3 Å². The fraction of sp³-hybridized carbons (Fsp3) is 0.263. The SMILES string of the molecule is COc1ccc(SCCC(=O)NCCc2nc3ccccc3s2)cc1. The molecule has 0 aliphatic carbocycles. The lowest BCUT2D eigenvalue weighted by atomic mass is 10.3. The number of thiazole rings is 1. The van der Waals surface area contributed by atoms with E-state index in [0.717, 1.165) is 33.3 Å². The molecule has 1 N–H and O–H groups in total. The Balaban J connectivity index is 1.36. The van der Waals surface area contributed by atoms with Crippen LogP contribution in [0.25, 0.3) is 10.2 Å². The van der Waals surface area contributed by atoms with Gasteiger partial charge < -0.3 is 10.1 Å². The minimum Gasteiger partial charge on any atom is -0.497 e. The summed E-state index contributed by atoms with van der Waals surface area (Å²) in [6.07, 6.45) is 1.28. The number of carbonyl (C=O) groups is 1. The molecule has 4 nitrogen and oxygen atoms in total. The van der Waals surface area contributed by atoms with Crippen LogP contribution in [0, 0.1) is 0 Å². The number of amides is 1. The van der Waals surface area contributed by atoms with E-state index in [-0.39, 0.29) is 5.91 Å². The number of nitrogens with one attached hydrogen (secondary N) is 1. The average molecular weight is 373 g/mol. The Hall–Kier alpha value is -2.05. The average Bonchev–Trinajstić information content (AvgIpc) is 3.05. The smallest absolute Gasteiger partial charge is 0.220 e. The zero-order valence-electron chi connectivity index (χ0n) is 14.0. The molecule has 0 aliphatic rings. The molecule has 0 saturated carbocycles. The van der Waals surface area contributed by atoms with E-state index >= 15 is 0 Å². The quantitative estimate of drug-likeness (QED) is 0.604. The number of rotatable bonds is 8. The van der Waals surface area contributed by atoms with E-state index in [1.54, 1.807) is 30.2 Å². The molecule has 3 rings (SSSR count). The number of para-hydroxylation sites is 1. The van der Waals surface area contributed by atoms with Gasteiger partial charge in [-0.05, 0) is 36.4 Å². The molecule has 2 aromatic carbocycles. The topological polar surface area (TPSA) is 51.2 Å². The van der Waals surface area contributed by atoms with Crippen LogP contribution in [-0.2, 0) is 11.2 Å². The van der Waals surface area contributed by atoms with Crippen molar-refractivity contribution in [1.82, 2.24) is 10.3 Å². The Labute approximate surface area is 155 Å². The maximum absolute atomic E-state index is 11.9. The number of aromatic nitrogens is 1. The highest BCUT2D eigenvalue weighted by molar-refractivity contribution is 7.99. The van der Waals surface area contributed by atoms with E-state index in [0.29, 0.717) is 13.0 Å². The Kier molecular flexibility index (Phi) is 6.30. The van der Waals surface area contributed by atoms with E-state index in [2.05, 4.69) is 16.4 Å². The van der Waals surface area contributed by atoms with Crippen molar-refractivity contribution in [3.8, 4) is 5.75 Å². The third-order valence-electron chi connectivity index (χ3n) is 3.66. The number of nitrogens with zero attached hydrogens (tertiary/aromatic N) is 1. The van der Waals surface area contributed by atoms with E-state index in [9.17, 15) is 4.79 Å². The first kappa shape index (κ1) is 17.8. The maximum atomic E-state index is 11.9. The van der Waals surface area contributed by atoms with Crippen molar-refractivity contribution in [3.63, 3.8) is 0 Å². The highest BCUT2D eigenvalue weighted by Gasteiger charge is 2.05. The van der Waals surface area contributed by atoms with E-state index < -0.39 is 0 Å². The molecule has 0 bridgehead atoms. The van der Waals surface area contributed by atoms with Gasteiger partial charge in [-0.15, -0.1) is 23.1 Å². The van der Waals surface area contributed by atoms with Crippen LogP contribution in [0.2, 0.25) is 0 Å².